The molecule has 106 valence electrons. The molecule has 1 amide bonds. The number of pyridine rings is 1. The van der Waals surface area contributed by atoms with Crippen LogP contribution in [-0.4, -0.2) is 35.7 Å². The molecule has 0 saturated carbocycles. The van der Waals surface area contributed by atoms with Gasteiger partial charge in [0.2, 0.25) is 0 Å². The Morgan fingerprint density at radius 2 is 2.16 bits per heavy atom. The van der Waals surface area contributed by atoms with Crippen LogP contribution in [0.3, 0.4) is 0 Å². The number of aromatic nitrogens is 1. The van der Waals surface area contributed by atoms with E-state index in [1.165, 1.54) is 6.07 Å². The molecular formula is C13H20ClN3O2. The van der Waals surface area contributed by atoms with Crippen molar-refractivity contribution in [2.75, 3.05) is 19.0 Å². The number of aliphatic hydroxyl groups excluding tert-OH is 1. The summed E-state index contributed by atoms with van der Waals surface area (Å²) in [5.41, 5.74) is 0.423. The molecule has 0 spiro atoms. The molecule has 1 atom stereocenters. The van der Waals surface area contributed by atoms with Gasteiger partial charge in [0, 0.05) is 12.6 Å². The largest absolute Gasteiger partial charge is 0.394 e. The van der Waals surface area contributed by atoms with Gasteiger partial charge in [0.25, 0.3) is 5.91 Å². The molecule has 0 aliphatic heterocycles. The highest BCUT2D eigenvalue weighted by atomic mass is 35.5. The zero-order valence-electron chi connectivity index (χ0n) is 11.4. The van der Waals surface area contributed by atoms with Gasteiger partial charge in [-0.2, -0.15) is 0 Å². The van der Waals surface area contributed by atoms with Gasteiger partial charge in [-0.15, -0.1) is 0 Å². The van der Waals surface area contributed by atoms with Crippen molar-refractivity contribution in [3.63, 3.8) is 0 Å². The number of aliphatic hydroxyl groups is 1. The summed E-state index contributed by atoms with van der Waals surface area (Å²) in [6.07, 6.45) is 0.722. The van der Waals surface area contributed by atoms with Crippen LogP contribution in [0.2, 0.25) is 5.15 Å². The van der Waals surface area contributed by atoms with Gasteiger partial charge in [-0.1, -0.05) is 25.4 Å². The molecule has 1 aromatic heterocycles. The normalized spacial score (nSPS) is 12.3. The van der Waals surface area contributed by atoms with E-state index in [-0.39, 0.29) is 23.7 Å². The van der Waals surface area contributed by atoms with E-state index in [1.807, 2.05) is 13.8 Å². The van der Waals surface area contributed by atoms with Gasteiger partial charge in [-0.25, -0.2) is 4.98 Å². The standard InChI is InChI=1S/C13H20ClN3O2/c1-8(2)4-10(7-18)16-13(19)9-5-11(14)17-12(6-9)15-3/h5-6,8,10,18H,4,7H2,1-3H3,(H,15,17)(H,16,19). The van der Waals surface area contributed by atoms with Crippen molar-refractivity contribution in [2.24, 2.45) is 5.92 Å². The van der Waals surface area contributed by atoms with Gasteiger partial charge >= 0.3 is 0 Å². The quantitative estimate of drug-likeness (QED) is 0.698. The average Bonchev–Trinajstić information content (AvgIpc) is 2.36. The first kappa shape index (κ1) is 15.7. The molecule has 0 aliphatic rings. The Hall–Kier alpha value is -1.33. The summed E-state index contributed by atoms with van der Waals surface area (Å²) in [7, 11) is 1.70. The summed E-state index contributed by atoms with van der Waals surface area (Å²) in [6, 6.07) is 2.87. The van der Waals surface area contributed by atoms with Crippen LogP contribution in [0.15, 0.2) is 12.1 Å². The predicted molar refractivity (Wildman–Crippen MR) is 76.6 cm³/mol. The lowest BCUT2D eigenvalue weighted by atomic mass is 10.0. The van der Waals surface area contributed by atoms with Gasteiger partial charge in [-0.05, 0) is 24.5 Å². The van der Waals surface area contributed by atoms with Crippen molar-refractivity contribution in [3.8, 4) is 0 Å². The lowest BCUT2D eigenvalue weighted by molar-refractivity contribution is 0.0908. The molecule has 0 radical (unpaired) electrons. The third-order valence-electron chi connectivity index (χ3n) is 2.62. The Bertz CT molecular complexity index is 438. The number of carbonyl (C=O) groups is 1. The Morgan fingerprint density at radius 1 is 1.47 bits per heavy atom. The van der Waals surface area contributed by atoms with Crippen LogP contribution >= 0.6 is 11.6 Å². The number of hydrogen-bond donors (Lipinski definition) is 3. The Kier molecular flexibility index (Phi) is 6.05. The molecule has 0 fully saturated rings. The van der Waals surface area contributed by atoms with Gasteiger partial charge in [0.15, 0.2) is 0 Å². The molecule has 1 aromatic rings. The maximum Gasteiger partial charge on any atom is 0.251 e. The summed E-state index contributed by atoms with van der Waals surface area (Å²) in [5.74, 6) is 0.661. The van der Waals surface area contributed by atoms with Crippen LogP contribution in [0.1, 0.15) is 30.6 Å². The highest BCUT2D eigenvalue weighted by Crippen LogP contribution is 2.14. The number of nitrogens with one attached hydrogen (secondary N) is 2. The number of anilines is 1. The van der Waals surface area contributed by atoms with E-state index < -0.39 is 0 Å². The zero-order chi connectivity index (χ0) is 14.4. The van der Waals surface area contributed by atoms with E-state index >= 15 is 0 Å². The fourth-order valence-corrected chi connectivity index (χ4v) is 1.98. The predicted octanol–water partition coefficient (Wildman–Crippen LogP) is 1.91. The van der Waals surface area contributed by atoms with Crippen LogP contribution < -0.4 is 10.6 Å². The minimum Gasteiger partial charge on any atom is -0.394 e. The second-order valence-electron chi connectivity index (χ2n) is 4.80. The van der Waals surface area contributed by atoms with Crippen LogP contribution in [0.4, 0.5) is 5.82 Å². The summed E-state index contributed by atoms with van der Waals surface area (Å²) in [5, 5.41) is 15.1. The van der Waals surface area contributed by atoms with Gasteiger partial charge in [-0.3, -0.25) is 4.79 Å². The first-order valence-corrected chi connectivity index (χ1v) is 6.61. The van der Waals surface area contributed by atoms with E-state index in [4.69, 9.17) is 11.6 Å². The first-order valence-electron chi connectivity index (χ1n) is 6.23. The van der Waals surface area contributed by atoms with E-state index in [9.17, 15) is 9.90 Å². The number of amides is 1. The van der Waals surface area contributed by atoms with Crippen molar-refractivity contribution in [2.45, 2.75) is 26.3 Å². The maximum absolute atomic E-state index is 12.1. The van der Waals surface area contributed by atoms with Crippen molar-refractivity contribution >= 4 is 23.3 Å². The van der Waals surface area contributed by atoms with Crippen molar-refractivity contribution in [3.05, 3.63) is 22.8 Å². The number of hydrogen-bond acceptors (Lipinski definition) is 4. The van der Waals surface area contributed by atoms with E-state index in [2.05, 4.69) is 15.6 Å². The lowest BCUT2D eigenvalue weighted by Crippen LogP contribution is -2.38. The Balaban J connectivity index is 2.79. The van der Waals surface area contributed by atoms with Gasteiger partial charge in [0.05, 0.1) is 12.6 Å². The molecular weight excluding hydrogens is 266 g/mol. The second-order valence-corrected chi connectivity index (χ2v) is 5.18. The fourth-order valence-electron chi connectivity index (χ4n) is 1.77. The minimum absolute atomic E-state index is 0.0817. The summed E-state index contributed by atoms with van der Waals surface area (Å²) in [4.78, 5) is 16.1. The van der Waals surface area contributed by atoms with Crippen LogP contribution in [0, 0.1) is 5.92 Å². The molecule has 3 N–H and O–H groups in total. The van der Waals surface area contributed by atoms with Crippen molar-refractivity contribution < 1.29 is 9.90 Å². The van der Waals surface area contributed by atoms with Crippen LogP contribution in [0.5, 0.6) is 0 Å². The maximum atomic E-state index is 12.1. The number of halogens is 1. The molecule has 0 aliphatic carbocycles. The first-order chi connectivity index (χ1) is 8.96. The van der Waals surface area contributed by atoms with E-state index in [1.54, 1.807) is 13.1 Å². The highest BCUT2D eigenvalue weighted by molar-refractivity contribution is 6.29. The highest BCUT2D eigenvalue weighted by Gasteiger charge is 2.15. The van der Waals surface area contributed by atoms with E-state index in [0.29, 0.717) is 17.3 Å². The number of nitrogens with zero attached hydrogens (tertiary/aromatic N) is 1. The molecule has 0 saturated heterocycles. The lowest BCUT2D eigenvalue weighted by Gasteiger charge is -2.18. The molecule has 1 unspecified atom stereocenters. The molecule has 1 rings (SSSR count). The van der Waals surface area contributed by atoms with Crippen molar-refractivity contribution in [1.29, 1.82) is 0 Å². The van der Waals surface area contributed by atoms with Crippen molar-refractivity contribution in [1.82, 2.24) is 10.3 Å². The second kappa shape index (κ2) is 7.31. The molecule has 6 heteroatoms. The SMILES string of the molecule is CNc1cc(C(=O)NC(CO)CC(C)C)cc(Cl)n1. The summed E-state index contributed by atoms with van der Waals surface area (Å²) >= 11 is 5.85. The molecule has 5 nitrogen and oxygen atoms in total. The molecule has 0 bridgehead atoms. The molecule has 19 heavy (non-hydrogen) atoms. The van der Waals surface area contributed by atoms with Crippen LogP contribution in [-0.2, 0) is 0 Å². The molecule has 0 aromatic carbocycles. The Labute approximate surface area is 118 Å². The summed E-state index contributed by atoms with van der Waals surface area (Å²) < 4.78 is 0. The van der Waals surface area contributed by atoms with Gasteiger partial charge < -0.3 is 15.7 Å². The average molecular weight is 286 g/mol. The fraction of sp³-hybridized carbons (Fsp3) is 0.538. The zero-order valence-corrected chi connectivity index (χ0v) is 12.2. The smallest absolute Gasteiger partial charge is 0.251 e. The monoisotopic (exact) mass is 285 g/mol. The number of rotatable bonds is 6. The minimum atomic E-state index is -0.263. The van der Waals surface area contributed by atoms with Gasteiger partial charge in [0.1, 0.15) is 11.0 Å². The topological polar surface area (TPSA) is 74.2 Å². The third-order valence-corrected chi connectivity index (χ3v) is 2.82. The summed E-state index contributed by atoms with van der Waals surface area (Å²) in [6.45, 7) is 4.00. The third kappa shape index (κ3) is 5.04. The number of carbonyl (C=O) groups excluding carboxylic acids is 1. The van der Waals surface area contributed by atoms with Crippen LogP contribution in [0.25, 0.3) is 0 Å². The molecule has 1 heterocycles. The van der Waals surface area contributed by atoms with E-state index in [0.717, 1.165) is 6.42 Å². The Morgan fingerprint density at radius 3 is 2.68 bits per heavy atom.